The predicted molar refractivity (Wildman–Crippen MR) is 67.6 cm³/mol. The molecule has 96 valence electrons. The Kier molecular flexibility index (Phi) is 6.32. The lowest BCUT2D eigenvalue weighted by molar-refractivity contribution is -0.120. The maximum absolute atomic E-state index is 11.4. The summed E-state index contributed by atoms with van der Waals surface area (Å²) in [4.78, 5) is 15.4. The molecule has 0 aromatic carbocycles. The Labute approximate surface area is 103 Å². The van der Waals surface area contributed by atoms with E-state index in [1.54, 1.807) is 12.5 Å². The zero-order chi connectivity index (χ0) is 12.5. The Hall–Kier alpha value is -1.36. The number of carbonyl (C=O) groups excluding carboxylic acids is 1. The van der Waals surface area contributed by atoms with Crippen molar-refractivity contribution in [2.24, 2.45) is 0 Å². The van der Waals surface area contributed by atoms with Gasteiger partial charge in [-0.15, -0.1) is 0 Å². The Bertz CT molecular complexity index is 310. The highest BCUT2D eigenvalue weighted by Crippen LogP contribution is 1.91. The molecule has 5 heteroatoms. The quantitative estimate of drug-likeness (QED) is 0.658. The van der Waals surface area contributed by atoms with Crippen molar-refractivity contribution in [1.29, 1.82) is 0 Å². The minimum Gasteiger partial charge on any atom is -0.355 e. The van der Waals surface area contributed by atoms with E-state index in [0.29, 0.717) is 6.54 Å². The summed E-state index contributed by atoms with van der Waals surface area (Å²) in [5.41, 5.74) is 0. The van der Waals surface area contributed by atoms with Gasteiger partial charge < -0.3 is 15.2 Å². The van der Waals surface area contributed by atoms with Gasteiger partial charge in [0.05, 0.1) is 12.9 Å². The van der Waals surface area contributed by atoms with E-state index in [2.05, 4.69) is 29.5 Å². The van der Waals surface area contributed by atoms with Gasteiger partial charge in [-0.05, 0) is 13.3 Å². The summed E-state index contributed by atoms with van der Waals surface area (Å²) in [7, 11) is 0. The third-order valence-electron chi connectivity index (χ3n) is 2.51. The summed E-state index contributed by atoms with van der Waals surface area (Å²) in [5.74, 6) is 0.0657. The van der Waals surface area contributed by atoms with Gasteiger partial charge in [0.2, 0.25) is 5.91 Å². The molecule has 0 aliphatic carbocycles. The van der Waals surface area contributed by atoms with Crippen molar-refractivity contribution in [3.63, 3.8) is 0 Å². The molecule has 0 fully saturated rings. The Morgan fingerprint density at radius 2 is 2.35 bits per heavy atom. The van der Waals surface area contributed by atoms with Crippen LogP contribution < -0.4 is 10.6 Å². The summed E-state index contributed by atoms with van der Waals surface area (Å²) in [6, 6.07) is 0.251. The van der Waals surface area contributed by atoms with Gasteiger partial charge in [0.1, 0.15) is 0 Å². The van der Waals surface area contributed by atoms with E-state index >= 15 is 0 Å². The van der Waals surface area contributed by atoms with Crippen LogP contribution in [0, 0.1) is 0 Å². The molecular weight excluding hydrogens is 216 g/mol. The summed E-state index contributed by atoms with van der Waals surface area (Å²) >= 11 is 0. The van der Waals surface area contributed by atoms with Crippen LogP contribution >= 0.6 is 0 Å². The van der Waals surface area contributed by atoms with Gasteiger partial charge in [-0.3, -0.25) is 4.79 Å². The number of amides is 1. The third-order valence-corrected chi connectivity index (χ3v) is 2.51. The number of hydrogen-bond donors (Lipinski definition) is 2. The fraction of sp³-hybridized carbons (Fsp3) is 0.667. The predicted octanol–water partition coefficient (Wildman–Crippen LogP) is 0.777. The molecule has 1 heterocycles. The molecule has 0 aliphatic heterocycles. The minimum atomic E-state index is 0.0657. The van der Waals surface area contributed by atoms with E-state index in [0.717, 1.165) is 25.9 Å². The van der Waals surface area contributed by atoms with Crippen LogP contribution in [0.25, 0.3) is 0 Å². The van der Waals surface area contributed by atoms with Gasteiger partial charge in [-0.2, -0.15) is 0 Å². The maximum Gasteiger partial charge on any atom is 0.233 e. The molecule has 0 aliphatic rings. The summed E-state index contributed by atoms with van der Waals surface area (Å²) in [6.45, 7) is 6.13. The molecular formula is C12H22N4O. The molecule has 1 aromatic rings. The van der Waals surface area contributed by atoms with Crippen molar-refractivity contribution in [2.45, 2.75) is 39.3 Å². The van der Waals surface area contributed by atoms with Crippen LogP contribution in [0.4, 0.5) is 0 Å². The average molecular weight is 238 g/mol. The standard InChI is InChI=1S/C12H22N4O/c1-3-4-5-14-12(17)8-15-11(2)9-16-7-6-13-10-16/h6-7,10-11,15H,3-5,8-9H2,1-2H3,(H,14,17). The van der Waals surface area contributed by atoms with Crippen molar-refractivity contribution >= 4 is 5.91 Å². The highest BCUT2D eigenvalue weighted by atomic mass is 16.1. The first-order chi connectivity index (χ1) is 8.22. The zero-order valence-corrected chi connectivity index (χ0v) is 10.6. The molecule has 0 bridgehead atoms. The summed E-state index contributed by atoms with van der Waals surface area (Å²) in [6.07, 6.45) is 7.59. The highest BCUT2D eigenvalue weighted by molar-refractivity contribution is 5.77. The fourth-order valence-corrected chi connectivity index (χ4v) is 1.51. The van der Waals surface area contributed by atoms with E-state index in [1.807, 2.05) is 10.8 Å². The molecule has 1 amide bonds. The molecule has 1 unspecified atom stereocenters. The van der Waals surface area contributed by atoms with Gasteiger partial charge >= 0.3 is 0 Å². The maximum atomic E-state index is 11.4. The van der Waals surface area contributed by atoms with E-state index in [4.69, 9.17) is 0 Å². The molecule has 0 saturated heterocycles. The number of hydrogen-bond acceptors (Lipinski definition) is 3. The molecule has 2 N–H and O–H groups in total. The minimum absolute atomic E-state index is 0.0657. The molecule has 0 radical (unpaired) electrons. The molecule has 17 heavy (non-hydrogen) atoms. The van der Waals surface area contributed by atoms with Gasteiger partial charge in [0.15, 0.2) is 0 Å². The summed E-state index contributed by atoms with van der Waals surface area (Å²) in [5, 5.41) is 6.06. The van der Waals surface area contributed by atoms with Crippen LogP contribution in [0.2, 0.25) is 0 Å². The van der Waals surface area contributed by atoms with Crippen LogP contribution in [0.3, 0.4) is 0 Å². The molecule has 0 saturated carbocycles. The highest BCUT2D eigenvalue weighted by Gasteiger charge is 2.05. The Morgan fingerprint density at radius 1 is 1.53 bits per heavy atom. The van der Waals surface area contributed by atoms with Crippen molar-refractivity contribution in [3.8, 4) is 0 Å². The van der Waals surface area contributed by atoms with Crippen LogP contribution in [-0.2, 0) is 11.3 Å². The lowest BCUT2D eigenvalue weighted by Crippen LogP contribution is -2.39. The Balaban J connectivity index is 2.10. The number of imidazole rings is 1. The van der Waals surface area contributed by atoms with Crippen LogP contribution in [0.5, 0.6) is 0 Å². The number of aromatic nitrogens is 2. The Morgan fingerprint density at radius 3 is 3.00 bits per heavy atom. The molecule has 1 rings (SSSR count). The SMILES string of the molecule is CCCCNC(=O)CNC(C)Cn1ccnc1. The molecule has 0 spiro atoms. The normalized spacial score (nSPS) is 12.4. The van der Waals surface area contributed by atoms with Crippen molar-refractivity contribution < 1.29 is 4.79 Å². The van der Waals surface area contributed by atoms with Crippen molar-refractivity contribution in [2.75, 3.05) is 13.1 Å². The first-order valence-corrected chi connectivity index (χ1v) is 6.18. The van der Waals surface area contributed by atoms with E-state index in [-0.39, 0.29) is 11.9 Å². The van der Waals surface area contributed by atoms with Gasteiger partial charge in [0.25, 0.3) is 0 Å². The topological polar surface area (TPSA) is 59.0 Å². The second kappa shape index (κ2) is 7.84. The number of nitrogens with zero attached hydrogens (tertiary/aromatic N) is 2. The second-order valence-electron chi connectivity index (χ2n) is 4.24. The van der Waals surface area contributed by atoms with E-state index < -0.39 is 0 Å². The molecule has 1 atom stereocenters. The first-order valence-electron chi connectivity index (χ1n) is 6.18. The summed E-state index contributed by atoms with van der Waals surface area (Å²) < 4.78 is 1.99. The van der Waals surface area contributed by atoms with Gasteiger partial charge in [-0.1, -0.05) is 13.3 Å². The average Bonchev–Trinajstić information content (AvgIpc) is 2.79. The monoisotopic (exact) mass is 238 g/mol. The molecule has 5 nitrogen and oxygen atoms in total. The number of unbranched alkanes of at least 4 members (excludes halogenated alkanes) is 1. The van der Waals surface area contributed by atoms with Crippen molar-refractivity contribution in [3.05, 3.63) is 18.7 Å². The third kappa shape index (κ3) is 6.06. The fourth-order valence-electron chi connectivity index (χ4n) is 1.51. The van der Waals surface area contributed by atoms with Crippen LogP contribution in [-0.4, -0.2) is 34.6 Å². The van der Waals surface area contributed by atoms with E-state index in [9.17, 15) is 4.79 Å². The lowest BCUT2D eigenvalue weighted by atomic mass is 10.3. The number of nitrogens with one attached hydrogen (secondary N) is 2. The number of carbonyl (C=O) groups is 1. The van der Waals surface area contributed by atoms with E-state index in [1.165, 1.54) is 0 Å². The van der Waals surface area contributed by atoms with Gasteiger partial charge in [0, 0.05) is 31.5 Å². The zero-order valence-electron chi connectivity index (χ0n) is 10.6. The van der Waals surface area contributed by atoms with Crippen LogP contribution in [0.15, 0.2) is 18.7 Å². The number of rotatable bonds is 8. The lowest BCUT2D eigenvalue weighted by Gasteiger charge is -2.14. The van der Waals surface area contributed by atoms with Crippen LogP contribution in [0.1, 0.15) is 26.7 Å². The van der Waals surface area contributed by atoms with Crippen molar-refractivity contribution in [1.82, 2.24) is 20.2 Å². The largest absolute Gasteiger partial charge is 0.355 e. The molecule has 1 aromatic heterocycles. The first kappa shape index (κ1) is 13.7. The second-order valence-corrected chi connectivity index (χ2v) is 4.24. The van der Waals surface area contributed by atoms with Gasteiger partial charge in [-0.25, -0.2) is 4.98 Å². The smallest absolute Gasteiger partial charge is 0.233 e.